The Hall–Kier alpha value is -2.20. The molecule has 3 aromatic rings. The highest BCUT2D eigenvalue weighted by molar-refractivity contribution is 7.13. The van der Waals surface area contributed by atoms with Gasteiger partial charge in [0.15, 0.2) is 0 Å². The summed E-state index contributed by atoms with van der Waals surface area (Å²) in [6.07, 6.45) is 0. The van der Waals surface area contributed by atoms with Crippen LogP contribution in [0.5, 0.6) is 5.75 Å². The first-order chi connectivity index (χ1) is 9.76. The molecule has 0 aliphatic rings. The SMILES string of the molecule is COc1ccc(-c2nc(-c3ccc(F)cc3)cs2)cc1. The maximum absolute atomic E-state index is 12.9. The molecule has 0 aliphatic heterocycles. The molecular weight excluding hydrogens is 273 g/mol. The van der Waals surface area contributed by atoms with Gasteiger partial charge in [0.2, 0.25) is 0 Å². The lowest BCUT2D eigenvalue weighted by atomic mass is 10.2. The normalized spacial score (nSPS) is 10.5. The van der Waals surface area contributed by atoms with Crippen LogP contribution >= 0.6 is 11.3 Å². The van der Waals surface area contributed by atoms with E-state index in [1.54, 1.807) is 30.6 Å². The fourth-order valence-corrected chi connectivity index (χ4v) is 2.73. The van der Waals surface area contributed by atoms with Crippen LogP contribution in [-0.4, -0.2) is 12.1 Å². The van der Waals surface area contributed by atoms with E-state index in [2.05, 4.69) is 4.98 Å². The third-order valence-electron chi connectivity index (χ3n) is 2.98. The van der Waals surface area contributed by atoms with Crippen molar-refractivity contribution < 1.29 is 9.13 Å². The number of hydrogen-bond donors (Lipinski definition) is 0. The minimum Gasteiger partial charge on any atom is -0.497 e. The Labute approximate surface area is 120 Å². The number of rotatable bonds is 3. The monoisotopic (exact) mass is 285 g/mol. The fourth-order valence-electron chi connectivity index (χ4n) is 1.89. The van der Waals surface area contributed by atoms with E-state index in [0.717, 1.165) is 27.6 Å². The molecule has 0 N–H and O–H groups in total. The molecule has 100 valence electrons. The Bertz CT molecular complexity index is 704. The molecule has 0 aliphatic carbocycles. The molecule has 0 saturated carbocycles. The first-order valence-electron chi connectivity index (χ1n) is 6.12. The molecule has 4 heteroatoms. The van der Waals surface area contributed by atoms with E-state index in [0.29, 0.717) is 0 Å². The summed E-state index contributed by atoms with van der Waals surface area (Å²) in [6, 6.07) is 14.1. The number of ether oxygens (including phenoxy) is 1. The molecule has 0 atom stereocenters. The molecule has 0 amide bonds. The Morgan fingerprint density at radius 1 is 0.950 bits per heavy atom. The number of methoxy groups -OCH3 is 1. The maximum Gasteiger partial charge on any atom is 0.124 e. The maximum atomic E-state index is 12.9. The van der Waals surface area contributed by atoms with Crippen molar-refractivity contribution in [2.45, 2.75) is 0 Å². The number of thiazole rings is 1. The van der Waals surface area contributed by atoms with Crippen molar-refractivity contribution in [1.82, 2.24) is 4.98 Å². The molecule has 3 rings (SSSR count). The molecular formula is C16H12FNOS. The average Bonchev–Trinajstić information content (AvgIpc) is 2.98. The van der Waals surface area contributed by atoms with Crippen molar-refractivity contribution >= 4 is 11.3 Å². The van der Waals surface area contributed by atoms with Gasteiger partial charge in [-0.05, 0) is 48.5 Å². The van der Waals surface area contributed by atoms with Gasteiger partial charge in [-0.3, -0.25) is 0 Å². The first-order valence-corrected chi connectivity index (χ1v) is 7.00. The van der Waals surface area contributed by atoms with Gasteiger partial charge in [-0.1, -0.05) is 0 Å². The third kappa shape index (κ3) is 2.56. The molecule has 0 radical (unpaired) electrons. The molecule has 0 unspecified atom stereocenters. The summed E-state index contributed by atoms with van der Waals surface area (Å²) in [5.74, 6) is 0.587. The Balaban J connectivity index is 1.91. The molecule has 1 aromatic heterocycles. The number of halogens is 1. The lowest BCUT2D eigenvalue weighted by molar-refractivity contribution is 0.415. The summed E-state index contributed by atoms with van der Waals surface area (Å²) in [4.78, 5) is 4.59. The first kappa shape index (κ1) is 12.8. The van der Waals surface area contributed by atoms with Crippen molar-refractivity contribution in [1.29, 1.82) is 0 Å². The molecule has 20 heavy (non-hydrogen) atoms. The van der Waals surface area contributed by atoms with Gasteiger partial charge >= 0.3 is 0 Å². The minimum atomic E-state index is -0.237. The third-order valence-corrected chi connectivity index (χ3v) is 3.87. The lowest BCUT2D eigenvalue weighted by Gasteiger charge is -2.00. The summed E-state index contributed by atoms with van der Waals surface area (Å²) < 4.78 is 18.1. The Morgan fingerprint density at radius 2 is 1.60 bits per heavy atom. The van der Waals surface area contributed by atoms with Crippen molar-refractivity contribution in [3.63, 3.8) is 0 Å². The van der Waals surface area contributed by atoms with Crippen LogP contribution in [0.4, 0.5) is 4.39 Å². The predicted octanol–water partition coefficient (Wildman–Crippen LogP) is 4.62. The zero-order valence-corrected chi connectivity index (χ0v) is 11.7. The van der Waals surface area contributed by atoms with E-state index in [-0.39, 0.29) is 5.82 Å². The van der Waals surface area contributed by atoms with Crippen molar-refractivity contribution in [2.24, 2.45) is 0 Å². The molecule has 1 heterocycles. The van der Waals surface area contributed by atoms with Crippen LogP contribution in [0.1, 0.15) is 0 Å². The number of hydrogen-bond acceptors (Lipinski definition) is 3. The van der Waals surface area contributed by atoms with E-state index < -0.39 is 0 Å². The van der Waals surface area contributed by atoms with Crippen LogP contribution in [0.25, 0.3) is 21.8 Å². The van der Waals surface area contributed by atoms with Gasteiger partial charge in [-0.25, -0.2) is 9.37 Å². The van der Waals surface area contributed by atoms with Gasteiger partial charge in [0.25, 0.3) is 0 Å². The number of nitrogens with zero attached hydrogens (tertiary/aromatic N) is 1. The summed E-state index contributed by atoms with van der Waals surface area (Å²) in [6.45, 7) is 0. The fraction of sp³-hybridized carbons (Fsp3) is 0.0625. The predicted molar refractivity (Wildman–Crippen MR) is 79.5 cm³/mol. The summed E-state index contributed by atoms with van der Waals surface area (Å²) >= 11 is 1.57. The van der Waals surface area contributed by atoms with Crippen molar-refractivity contribution in [3.8, 4) is 27.6 Å². The number of aromatic nitrogens is 1. The highest BCUT2D eigenvalue weighted by Crippen LogP contribution is 2.29. The molecule has 0 saturated heterocycles. The van der Waals surface area contributed by atoms with E-state index in [9.17, 15) is 4.39 Å². The van der Waals surface area contributed by atoms with Crippen LogP contribution in [0.2, 0.25) is 0 Å². The standard InChI is InChI=1S/C16H12FNOS/c1-19-14-8-4-12(5-9-14)16-18-15(10-20-16)11-2-6-13(17)7-3-11/h2-10H,1H3. The zero-order chi connectivity index (χ0) is 13.9. The van der Waals surface area contributed by atoms with Gasteiger partial charge in [-0.2, -0.15) is 0 Å². The summed E-state index contributed by atoms with van der Waals surface area (Å²) in [5.41, 5.74) is 2.83. The number of benzene rings is 2. The summed E-state index contributed by atoms with van der Waals surface area (Å²) in [5, 5.41) is 2.92. The topological polar surface area (TPSA) is 22.1 Å². The van der Waals surface area contributed by atoms with E-state index in [1.807, 2.05) is 29.6 Å². The molecule has 0 spiro atoms. The van der Waals surface area contributed by atoms with Gasteiger partial charge < -0.3 is 4.74 Å². The van der Waals surface area contributed by atoms with Gasteiger partial charge in [0, 0.05) is 16.5 Å². The Kier molecular flexibility index (Phi) is 3.48. The highest BCUT2D eigenvalue weighted by atomic mass is 32.1. The van der Waals surface area contributed by atoms with Crippen molar-refractivity contribution in [2.75, 3.05) is 7.11 Å². The molecule has 0 fully saturated rings. The van der Waals surface area contributed by atoms with E-state index in [4.69, 9.17) is 4.74 Å². The van der Waals surface area contributed by atoms with E-state index >= 15 is 0 Å². The highest BCUT2D eigenvalue weighted by Gasteiger charge is 2.07. The summed E-state index contributed by atoms with van der Waals surface area (Å²) in [7, 11) is 1.64. The van der Waals surface area contributed by atoms with Crippen LogP contribution in [-0.2, 0) is 0 Å². The van der Waals surface area contributed by atoms with Gasteiger partial charge in [-0.15, -0.1) is 11.3 Å². The second-order valence-corrected chi connectivity index (χ2v) is 5.13. The average molecular weight is 285 g/mol. The second-order valence-electron chi connectivity index (χ2n) is 4.27. The van der Waals surface area contributed by atoms with Gasteiger partial charge in [0.05, 0.1) is 12.8 Å². The zero-order valence-electron chi connectivity index (χ0n) is 10.8. The van der Waals surface area contributed by atoms with Crippen LogP contribution in [0.15, 0.2) is 53.9 Å². The quantitative estimate of drug-likeness (QED) is 0.700. The molecule has 0 bridgehead atoms. The molecule has 2 nitrogen and oxygen atoms in total. The van der Waals surface area contributed by atoms with Gasteiger partial charge in [0.1, 0.15) is 16.6 Å². The lowest BCUT2D eigenvalue weighted by Crippen LogP contribution is -1.83. The van der Waals surface area contributed by atoms with Crippen LogP contribution in [0, 0.1) is 5.82 Å². The Morgan fingerprint density at radius 3 is 2.25 bits per heavy atom. The van der Waals surface area contributed by atoms with Crippen LogP contribution < -0.4 is 4.74 Å². The smallest absolute Gasteiger partial charge is 0.124 e. The van der Waals surface area contributed by atoms with E-state index in [1.165, 1.54) is 12.1 Å². The van der Waals surface area contributed by atoms with Crippen molar-refractivity contribution in [3.05, 3.63) is 59.7 Å². The van der Waals surface area contributed by atoms with Crippen LogP contribution in [0.3, 0.4) is 0 Å². The second kappa shape index (κ2) is 5.43. The minimum absolute atomic E-state index is 0.237. The molecule has 2 aromatic carbocycles. The largest absolute Gasteiger partial charge is 0.497 e.